The van der Waals surface area contributed by atoms with Crippen LogP contribution in [0.5, 0.6) is 0 Å². The van der Waals surface area contributed by atoms with Crippen LogP contribution < -0.4 is 5.32 Å². The van der Waals surface area contributed by atoms with Crippen LogP contribution in [0.3, 0.4) is 0 Å². The molecule has 0 aromatic carbocycles. The second-order valence-electron chi connectivity index (χ2n) is 9.59. The summed E-state index contributed by atoms with van der Waals surface area (Å²) >= 11 is 0. The third-order valence-corrected chi connectivity index (χ3v) is 5.71. The molecule has 0 aromatic rings. The zero-order chi connectivity index (χ0) is 33.3. The number of aliphatic carboxylic acids is 1. The van der Waals surface area contributed by atoms with Crippen LogP contribution in [0.1, 0.15) is 19.3 Å². The number of aliphatic hydroxyl groups excluding tert-OH is 1. The average Bonchev–Trinajstić information content (AvgIpc) is 2.75. The van der Waals surface area contributed by atoms with Crippen molar-refractivity contribution in [2.45, 2.75) is 73.0 Å². The van der Waals surface area contributed by atoms with Crippen molar-refractivity contribution in [1.29, 1.82) is 0 Å². The van der Waals surface area contributed by atoms with Crippen LogP contribution in [0.4, 0.5) is 74.6 Å². The van der Waals surface area contributed by atoms with Gasteiger partial charge in [0.25, 0.3) is 0 Å². The molecule has 246 valence electrons. The summed E-state index contributed by atoms with van der Waals surface area (Å²) in [6.45, 7) is -1.06. The topological polar surface area (TPSA) is 69.6 Å². The van der Waals surface area contributed by atoms with Crippen LogP contribution in [0.2, 0.25) is 0 Å². The second-order valence-corrected chi connectivity index (χ2v) is 9.59. The van der Waals surface area contributed by atoms with Crippen LogP contribution in [-0.2, 0) is 4.79 Å². The van der Waals surface area contributed by atoms with E-state index in [1.807, 2.05) is 0 Å². The minimum atomic E-state index is -8.70. The van der Waals surface area contributed by atoms with E-state index in [0.717, 1.165) is 0 Å². The van der Waals surface area contributed by atoms with Crippen molar-refractivity contribution in [3.8, 4) is 0 Å². The number of carboxylic acids is 1. The van der Waals surface area contributed by atoms with Gasteiger partial charge in [-0.1, -0.05) is 0 Å². The van der Waals surface area contributed by atoms with Crippen molar-refractivity contribution < 1.29 is 94.1 Å². The summed E-state index contributed by atoms with van der Waals surface area (Å²) in [6.07, 6.45) is -13.7. The third kappa shape index (κ3) is 7.57. The number of alkyl halides is 17. The first-order valence-corrected chi connectivity index (χ1v) is 10.9. The standard InChI is InChI=1S/C19H23F17N2O3/c1-38(2,7-4-11(40)41)6-3-5-37-9-10(39)8-12(20,21)13(22,23)14(24,25)15(26,27)16(28,29)17(30,31)18(32,33)19(34,35)36/h10,37,39H,3-9H2,1-2H3/p+1. The number of halogens is 17. The van der Waals surface area contributed by atoms with E-state index in [0.29, 0.717) is 0 Å². The minimum Gasteiger partial charge on any atom is -0.481 e. The number of carbonyl (C=O) groups is 1. The number of carboxylic acid groups (broad SMARTS) is 1. The Hall–Kier alpha value is -1.84. The molecule has 22 heteroatoms. The lowest BCUT2D eigenvalue weighted by atomic mass is 9.87. The Bertz CT molecular complexity index is 890. The molecule has 0 aliphatic heterocycles. The van der Waals surface area contributed by atoms with Gasteiger partial charge in [0.15, 0.2) is 0 Å². The Morgan fingerprint density at radius 1 is 0.683 bits per heavy atom. The predicted molar refractivity (Wildman–Crippen MR) is 103 cm³/mol. The lowest BCUT2D eigenvalue weighted by molar-refractivity contribution is -0.889. The molecule has 1 unspecified atom stereocenters. The zero-order valence-corrected chi connectivity index (χ0v) is 20.7. The van der Waals surface area contributed by atoms with Crippen molar-refractivity contribution in [3.63, 3.8) is 0 Å². The molecule has 0 spiro atoms. The number of hydrogen-bond donors (Lipinski definition) is 3. The number of nitrogens with zero attached hydrogens (tertiary/aromatic N) is 1. The van der Waals surface area contributed by atoms with Gasteiger partial charge in [-0.25, -0.2) is 0 Å². The number of aliphatic hydroxyl groups is 1. The summed E-state index contributed by atoms with van der Waals surface area (Å²) in [4.78, 5) is 10.6. The van der Waals surface area contributed by atoms with Gasteiger partial charge in [0.05, 0.1) is 39.7 Å². The normalized spacial score (nSPS) is 16.2. The summed E-state index contributed by atoms with van der Waals surface area (Å²) in [5.74, 6) is -58.1. The van der Waals surface area contributed by atoms with Crippen LogP contribution in [0.15, 0.2) is 0 Å². The molecule has 0 aliphatic rings. The lowest BCUT2D eigenvalue weighted by Gasteiger charge is -2.43. The van der Waals surface area contributed by atoms with Gasteiger partial charge in [-0.15, -0.1) is 0 Å². The van der Waals surface area contributed by atoms with E-state index in [2.05, 4.69) is 5.32 Å². The Morgan fingerprint density at radius 3 is 1.46 bits per heavy atom. The zero-order valence-electron chi connectivity index (χ0n) is 20.7. The first-order valence-electron chi connectivity index (χ1n) is 10.9. The number of hydrogen-bond acceptors (Lipinski definition) is 3. The van der Waals surface area contributed by atoms with Crippen LogP contribution in [0, 0.1) is 0 Å². The van der Waals surface area contributed by atoms with Crippen molar-refractivity contribution in [2.24, 2.45) is 0 Å². The molecular weight excluding hydrogens is 627 g/mol. The third-order valence-electron chi connectivity index (χ3n) is 5.71. The molecule has 0 saturated heterocycles. The molecule has 0 amide bonds. The maximum atomic E-state index is 13.9. The number of quaternary nitrogens is 1. The fraction of sp³-hybridized carbons (Fsp3) is 0.947. The van der Waals surface area contributed by atoms with Crippen LogP contribution in [0.25, 0.3) is 0 Å². The quantitative estimate of drug-likeness (QED) is 0.114. The van der Waals surface area contributed by atoms with E-state index in [1.165, 1.54) is 0 Å². The Balaban J connectivity index is 5.71. The van der Waals surface area contributed by atoms with Crippen molar-refractivity contribution in [3.05, 3.63) is 0 Å². The second kappa shape index (κ2) is 12.0. The molecular formula is C19H24F17N2O3+. The summed E-state index contributed by atoms with van der Waals surface area (Å²) in [5, 5.41) is 20.2. The maximum Gasteiger partial charge on any atom is 0.460 e. The van der Waals surface area contributed by atoms with Gasteiger partial charge < -0.3 is 20.0 Å². The van der Waals surface area contributed by atoms with Gasteiger partial charge in [-0.2, -0.15) is 74.6 Å². The molecule has 0 rings (SSSR count). The molecule has 0 aromatic heterocycles. The number of rotatable bonds is 17. The van der Waals surface area contributed by atoms with Crippen molar-refractivity contribution in [2.75, 3.05) is 40.3 Å². The summed E-state index contributed by atoms with van der Waals surface area (Å²) in [6, 6.07) is 0. The molecule has 0 aliphatic carbocycles. The van der Waals surface area contributed by atoms with E-state index in [4.69, 9.17) is 5.11 Å². The smallest absolute Gasteiger partial charge is 0.460 e. The summed E-state index contributed by atoms with van der Waals surface area (Å²) in [5.41, 5.74) is 0. The molecule has 0 heterocycles. The van der Waals surface area contributed by atoms with E-state index in [1.54, 1.807) is 14.1 Å². The largest absolute Gasteiger partial charge is 0.481 e. The number of nitrogens with one attached hydrogen (secondary N) is 1. The van der Waals surface area contributed by atoms with Gasteiger partial charge in [0.1, 0.15) is 0 Å². The molecule has 0 saturated carbocycles. The highest BCUT2D eigenvalue weighted by Crippen LogP contribution is 2.64. The Kier molecular flexibility index (Phi) is 11.5. The fourth-order valence-corrected chi connectivity index (χ4v) is 3.10. The highest BCUT2D eigenvalue weighted by atomic mass is 19.4. The van der Waals surface area contributed by atoms with Crippen LogP contribution >= 0.6 is 0 Å². The van der Waals surface area contributed by atoms with Crippen LogP contribution in [-0.4, -0.2) is 115 Å². The van der Waals surface area contributed by atoms with E-state index in [-0.39, 0.29) is 37.0 Å². The van der Waals surface area contributed by atoms with Gasteiger partial charge in [-0.3, -0.25) is 4.79 Å². The Morgan fingerprint density at radius 2 is 1.07 bits per heavy atom. The summed E-state index contributed by atoms with van der Waals surface area (Å²) in [7, 11) is 3.14. The molecule has 3 N–H and O–H groups in total. The van der Waals surface area contributed by atoms with E-state index < -0.39 is 72.7 Å². The van der Waals surface area contributed by atoms with E-state index in [9.17, 15) is 84.5 Å². The lowest BCUT2D eigenvalue weighted by Crippen LogP contribution is -2.74. The molecule has 0 radical (unpaired) electrons. The fourth-order valence-electron chi connectivity index (χ4n) is 3.10. The van der Waals surface area contributed by atoms with Crippen molar-refractivity contribution >= 4 is 5.97 Å². The molecule has 1 atom stereocenters. The monoisotopic (exact) mass is 651 g/mol. The minimum absolute atomic E-state index is 0.0992. The van der Waals surface area contributed by atoms with E-state index >= 15 is 0 Å². The van der Waals surface area contributed by atoms with Gasteiger partial charge in [-0.05, 0) is 0 Å². The van der Waals surface area contributed by atoms with Crippen molar-refractivity contribution in [1.82, 2.24) is 5.32 Å². The van der Waals surface area contributed by atoms with Gasteiger partial charge >= 0.3 is 53.6 Å². The molecule has 0 fully saturated rings. The summed E-state index contributed by atoms with van der Waals surface area (Å²) < 4.78 is 226. The SMILES string of the molecule is C[N+](C)(CCCNCC(O)CC(F)(F)C(F)(F)C(F)(F)C(F)(F)C(F)(F)C(F)(F)C(F)(F)C(F)(F)F)CCC(=O)O. The maximum absolute atomic E-state index is 13.9. The highest BCUT2D eigenvalue weighted by Gasteiger charge is 2.95. The highest BCUT2D eigenvalue weighted by molar-refractivity contribution is 5.66. The molecule has 5 nitrogen and oxygen atoms in total. The van der Waals surface area contributed by atoms with Gasteiger partial charge in [0.2, 0.25) is 0 Å². The first kappa shape index (κ1) is 39.2. The molecule has 0 bridgehead atoms. The molecule has 41 heavy (non-hydrogen) atoms. The first-order chi connectivity index (χ1) is 17.8. The Labute approximate surface area is 219 Å². The van der Waals surface area contributed by atoms with Gasteiger partial charge in [0, 0.05) is 25.9 Å². The predicted octanol–water partition coefficient (Wildman–Crippen LogP) is 5.28. The average molecular weight is 651 g/mol.